The van der Waals surface area contributed by atoms with Crippen molar-refractivity contribution in [2.45, 2.75) is 256 Å². The number of hydrogen-bond donors (Lipinski definition) is 4. The van der Waals surface area contributed by atoms with Crippen LogP contribution in [0, 0.1) is 0 Å². The fourth-order valence-corrected chi connectivity index (χ4v) is 8.77. The molecule has 0 amide bonds. The predicted octanol–water partition coefficient (Wildman–Crippen LogP) is 14.0. The zero-order valence-electron chi connectivity index (χ0n) is 45.0. The van der Waals surface area contributed by atoms with E-state index in [9.17, 15) is 33.1 Å². The van der Waals surface area contributed by atoms with Crippen molar-refractivity contribution in [3.05, 3.63) is 85.1 Å². The number of aliphatic hydroxyl groups excluding tert-OH is 3. The highest BCUT2D eigenvalue weighted by atomic mass is 32.3. The van der Waals surface area contributed by atoms with Gasteiger partial charge >= 0.3 is 16.4 Å². The van der Waals surface area contributed by atoms with E-state index in [0.29, 0.717) is 13.0 Å². The molecule has 0 aromatic heterocycles. The molecule has 6 atom stereocenters. The molecule has 0 spiro atoms. The largest absolute Gasteiger partial charge is 0.457 e. The molecule has 1 fully saturated rings. The van der Waals surface area contributed by atoms with Crippen molar-refractivity contribution in [1.82, 2.24) is 0 Å². The van der Waals surface area contributed by atoms with Crippen LogP contribution >= 0.6 is 0 Å². The molecular formula is C59H102O12S. The Morgan fingerprint density at radius 1 is 0.542 bits per heavy atom. The summed E-state index contributed by atoms with van der Waals surface area (Å²) in [6.07, 6.45) is 57.5. The molecule has 0 aliphatic carbocycles. The number of esters is 1. The standard InChI is InChI=1S/C59H102O12S/c1-3-5-7-9-11-13-15-17-19-21-23-25-27-28-30-32-34-36-38-40-42-44-46-48-55(61)69-53(52-68-59-57(63)58(71-72(64,65)66)56(62)54(50-60)70-59)51-67-49-47-45-43-41-39-37-35-33-31-29-26-24-22-20-18-16-14-12-10-8-6-4-2/h5,7,11,13,16-19,22-25,29,31,53-54,56-60,62-63H,3-4,6,8-10,12,14-15,20-21,26-28,30,32-52H2,1-2H3,(H,64,65,66)/b7-5-,13-11-,18-16-,19-17-,24-22-,25-23-,31-29-. The van der Waals surface area contributed by atoms with Crippen LogP contribution in [0.4, 0.5) is 0 Å². The quantitative estimate of drug-likeness (QED) is 0.0196. The van der Waals surface area contributed by atoms with Gasteiger partial charge in [-0.15, -0.1) is 0 Å². The van der Waals surface area contributed by atoms with E-state index in [0.717, 1.165) is 96.3 Å². The first-order valence-electron chi connectivity index (χ1n) is 28.3. The van der Waals surface area contributed by atoms with Gasteiger partial charge in [-0.3, -0.25) is 9.35 Å². The summed E-state index contributed by atoms with van der Waals surface area (Å²) in [4.78, 5) is 13.0. The molecule has 0 radical (unpaired) electrons. The zero-order valence-corrected chi connectivity index (χ0v) is 45.8. The van der Waals surface area contributed by atoms with Crippen LogP contribution in [0.25, 0.3) is 0 Å². The fourth-order valence-electron chi connectivity index (χ4n) is 8.26. The predicted molar refractivity (Wildman–Crippen MR) is 294 cm³/mol. The summed E-state index contributed by atoms with van der Waals surface area (Å²) < 4.78 is 59.4. The SMILES string of the molecule is CC/C=C\C/C=C\C/C=C\C/C=C\CCCCCCCCCCCCC(=O)OC(COCCCCCCCCC/C=C\C/C=C\C/C=C\CCCCCCC)COC1OC(CO)C(O)C(OS(=O)(=O)O)C1O. The summed E-state index contributed by atoms with van der Waals surface area (Å²) in [5, 5.41) is 30.8. The number of rotatable bonds is 49. The van der Waals surface area contributed by atoms with E-state index in [1.807, 2.05) is 0 Å². The summed E-state index contributed by atoms with van der Waals surface area (Å²) in [5.74, 6) is -0.409. The molecular weight excluding hydrogens is 933 g/mol. The van der Waals surface area contributed by atoms with Crippen LogP contribution in [0.1, 0.15) is 219 Å². The van der Waals surface area contributed by atoms with Crippen molar-refractivity contribution in [2.75, 3.05) is 26.4 Å². The van der Waals surface area contributed by atoms with Crippen LogP contribution in [0.3, 0.4) is 0 Å². The van der Waals surface area contributed by atoms with Crippen LogP contribution in [0.2, 0.25) is 0 Å². The molecule has 1 rings (SSSR count). The Hall–Kier alpha value is -2.72. The Morgan fingerprint density at radius 3 is 1.40 bits per heavy atom. The molecule has 13 heteroatoms. The molecule has 0 saturated carbocycles. The van der Waals surface area contributed by atoms with Gasteiger partial charge in [0.25, 0.3) is 0 Å². The molecule has 0 aromatic carbocycles. The lowest BCUT2D eigenvalue weighted by atomic mass is 9.99. The van der Waals surface area contributed by atoms with Gasteiger partial charge in [-0.05, 0) is 89.9 Å². The summed E-state index contributed by atoms with van der Waals surface area (Å²) in [5.41, 5.74) is 0. The minimum Gasteiger partial charge on any atom is -0.457 e. The number of carbonyl (C=O) groups excluding carboxylic acids is 1. The van der Waals surface area contributed by atoms with Crippen molar-refractivity contribution in [3.8, 4) is 0 Å². The Bertz CT molecular complexity index is 1570. The van der Waals surface area contributed by atoms with Crippen molar-refractivity contribution < 1.29 is 56.2 Å². The maximum absolute atomic E-state index is 13.0. The van der Waals surface area contributed by atoms with Gasteiger partial charge in [0.2, 0.25) is 0 Å². The van der Waals surface area contributed by atoms with Gasteiger partial charge < -0.3 is 34.3 Å². The molecule has 416 valence electrons. The third kappa shape index (κ3) is 41.6. The Morgan fingerprint density at radius 2 is 0.958 bits per heavy atom. The molecule has 1 aliphatic rings. The Labute approximate surface area is 438 Å². The molecule has 6 unspecified atom stereocenters. The number of hydrogen-bond acceptors (Lipinski definition) is 11. The number of allylic oxidation sites excluding steroid dienone is 14. The van der Waals surface area contributed by atoms with Gasteiger partial charge in [0.05, 0.1) is 19.8 Å². The molecule has 72 heavy (non-hydrogen) atoms. The first-order valence-corrected chi connectivity index (χ1v) is 29.7. The first kappa shape index (κ1) is 67.3. The average Bonchev–Trinajstić information content (AvgIpc) is 3.36. The lowest BCUT2D eigenvalue weighted by molar-refractivity contribution is -0.301. The van der Waals surface area contributed by atoms with E-state index < -0.39 is 59.8 Å². The number of aliphatic hydroxyl groups is 3. The molecule has 0 aromatic rings. The highest BCUT2D eigenvalue weighted by molar-refractivity contribution is 7.80. The molecule has 1 saturated heterocycles. The normalized spacial score (nSPS) is 19.6. The van der Waals surface area contributed by atoms with E-state index >= 15 is 0 Å². The van der Waals surface area contributed by atoms with E-state index in [-0.39, 0.29) is 19.6 Å². The lowest BCUT2D eigenvalue weighted by Crippen LogP contribution is -2.60. The van der Waals surface area contributed by atoms with Gasteiger partial charge in [-0.1, -0.05) is 208 Å². The fraction of sp³-hybridized carbons (Fsp3) is 0.746. The van der Waals surface area contributed by atoms with Gasteiger partial charge in [-0.25, -0.2) is 4.18 Å². The number of unbranched alkanes of at least 4 members (excludes halogenated alkanes) is 22. The minimum absolute atomic E-state index is 0.0234. The van der Waals surface area contributed by atoms with E-state index in [2.05, 4.69) is 103 Å². The number of ether oxygens (including phenoxy) is 4. The molecule has 1 aliphatic heterocycles. The van der Waals surface area contributed by atoms with Crippen LogP contribution < -0.4 is 0 Å². The average molecular weight is 1040 g/mol. The van der Waals surface area contributed by atoms with Gasteiger partial charge in [0, 0.05) is 13.0 Å². The van der Waals surface area contributed by atoms with Crippen LogP contribution in [-0.2, 0) is 38.3 Å². The van der Waals surface area contributed by atoms with Crippen molar-refractivity contribution >= 4 is 16.4 Å². The van der Waals surface area contributed by atoms with Crippen molar-refractivity contribution in [1.29, 1.82) is 0 Å². The van der Waals surface area contributed by atoms with Crippen LogP contribution in [0.5, 0.6) is 0 Å². The summed E-state index contributed by atoms with van der Waals surface area (Å²) >= 11 is 0. The van der Waals surface area contributed by atoms with Gasteiger partial charge in [0.15, 0.2) is 6.29 Å². The first-order chi connectivity index (χ1) is 35.1. The second kappa shape index (κ2) is 49.2. The maximum atomic E-state index is 13.0. The minimum atomic E-state index is -5.07. The molecule has 12 nitrogen and oxygen atoms in total. The Kier molecular flexibility index (Phi) is 46.0. The van der Waals surface area contributed by atoms with Gasteiger partial charge in [0.1, 0.15) is 30.5 Å². The third-order valence-corrected chi connectivity index (χ3v) is 13.0. The Balaban J connectivity index is 2.33. The second-order valence-corrected chi connectivity index (χ2v) is 20.2. The number of carbonyl (C=O) groups is 1. The van der Waals surface area contributed by atoms with Crippen LogP contribution in [-0.4, -0.2) is 97.5 Å². The lowest BCUT2D eigenvalue weighted by Gasteiger charge is -2.41. The highest BCUT2D eigenvalue weighted by Crippen LogP contribution is 2.26. The summed E-state index contributed by atoms with van der Waals surface area (Å²) in [6.45, 7) is 3.85. The van der Waals surface area contributed by atoms with Gasteiger partial charge in [-0.2, -0.15) is 8.42 Å². The molecule has 4 N–H and O–H groups in total. The van der Waals surface area contributed by atoms with Crippen molar-refractivity contribution in [2.24, 2.45) is 0 Å². The van der Waals surface area contributed by atoms with E-state index in [1.54, 1.807) is 0 Å². The monoisotopic (exact) mass is 1030 g/mol. The smallest absolute Gasteiger partial charge is 0.397 e. The zero-order chi connectivity index (χ0) is 52.4. The summed E-state index contributed by atoms with van der Waals surface area (Å²) in [6, 6.07) is 0. The molecule has 1 heterocycles. The van der Waals surface area contributed by atoms with E-state index in [1.165, 1.54) is 96.3 Å². The van der Waals surface area contributed by atoms with E-state index in [4.69, 9.17) is 18.9 Å². The van der Waals surface area contributed by atoms with Crippen molar-refractivity contribution in [3.63, 3.8) is 0 Å². The molecule has 0 bridgehead atoms. The third-order valence-electron chi connectivity index (χ3n) is 12.5. The maximum Gasteiger partial charge on any atom is 0.397 e. The second-order valence-electron chi connectivity index (χ2n) is 19.1. The van der Waals surface area contributed by atoms with Crippen LogP contribution in [0.15, 0.2) is 85.1 Å². The highest BCUT2D eigenvalue weighted by Gasteiger charge is 2.48. The summed E-state index contributed by atoms with van der Waals surface area (Å²) in [7, 11) is -5.07. The topological polar surface area (TPSA) is 178 Å².